The molecule has 0 saturated carbocycles. The molecule has 0 rings (SSSR count). The number of hydrogen-bond donors (Lipinski definition) is 3. The second-order valence-corrected chi connectivity index (χ2v) is 3.19. The van der Waals surface area contributed by atoms with Gasteiger partial charge in [0.1, 0.15) is 0 Å². The number of rotatable bonds is 6. The van der Waals surface area contributed by atoms with Crippen molar-refractivity contribution < 1.29 is 29.7 Å². The minimum absolute atomic E-state index is 0.0322. The van der Waals surface area contributed by atoms with Crippen LogP contribution in [-0.2, 0) is 14.4 Å². The highest BCUT2D eigenvalue weighted by Crippen LogP contribution is 2.24. The van der Waals surface area contributed by atoms with Crippen molar-refractivity contribution in [1.82, 2.24) is 0 Å². The van der Waals surface area contributed by atoms with E-state index in [-0.39, 0.29) is 19.3 Å². The fourth-order valence-electron chi connectivity index (χ4n) is 0.899. The van der Waals surface area contributed by atoms with Gasteiger partial charge in [-0.2, -0.15) is 0 Å². The van der Waals surface area contributed by atoms with E-state index >= 15 is 0 Å². The summed E-state index contributed by atoms with van der Waals surface area (Å²) in [5, 5.41) is 25.6. The van der Waals surface area contributed by atoms with Crippen LogP contribution in [0.4, 0.5) is 0 Å². The minimum atomic E-state index is -1.89. The number of carbonyl (C=O) groups is 3. The molecule has 0 aliphatic carbocycles. The lowest BCUT2D eigenvalue weighted by Crippen LogP contribution is -2.36. The fraction of sp³-hybridized carbons (Fsp3) is 0.625. The lowest BCUT2D eigenvalue weighted by atomic mass is 9.85. The third kappa shape index (κ3) is 3.04. The first-order valence-electron chi connectivity index (χ1n) is 3.99. The van der Waals surface area contributed by atoms with Gasteiger partial charge in [-0.1, -0.05) is 0 Å². The molecule has 0 aliphatic rings. The average Bonchev–Trinajstić information content (AvgIpc) is 2.02. The Balaban J connectivity index is 4.32. The van der Waals surface area contributed by atoms with Gasteiger partial charge >= 0.3 is 17.9 Å². The van der Waals surface area contributed by atoms with Crippen LogP contribution >= 0.6 is 0 Å². The monoisotopic (exact) mass is 204 g/mol. The van der Waals surface area contributed by atoms with E-state index in [0.29, 0.717) is 0 Å². The summed E-state index contributed by atoms with van der Waals surface area (Å²) in [7, 11) is 0. The first-order chi connectivity index (χ1) is 6.30. The van der Waals surface area contributed by atoms with Crippen molar-refractivity contribution in [2.24, 2.45) is 5.41 Å². The number of hydrogen-bond acceptors (Lipinski definition) is 3. The van der Waals surface area contributed by atoms with Gasteiger partial charge in [0.05, 0.1) is 0 Å². The Labute approximate surface area is 80.2 Å². The Morgan fingerprint density at radius 2 is 1.50 bits per heavy atom. The molecule has 0 radical (unpaired) electrons. The Hall–Kier alpha value is -1.59. The molecule has 0 aromatic carbocycles. The summed E-state index contributed by atoms with van der Waals surface area (Å²) in [5.74, 6) is -3.96. The molecule has 0 fully saturated rings. The zero-order valence-electron chi connectivity index (χ0n) is 7.69. The standard InChI is InChI=1S/C8H12O6/c1-8(6(11)12,7(13)14)4-2-3-5(9)10/h2-4H2,1H3,(H,9,10)(H,11,12)(H,13,14). The molecule has 0 heterocycles. The van der Waals surface area contributed by atoms with Gasteiger partial charge in [-0.3, -0.25) is 14.4 Å². The normalized spacial score (nSPS) is 10.9. The third-order valence-electron chi connectivity index (χ3n) is 2.01. The molecular formula is C8H12O6. The topological polar surface area (TPSA) is 112 Å². The molecule has 6 nitrogen and oxygen atoms in total. The molecular weight excluding hydrogens is 192 g/mol. The zero-order valence-corrected chi connectivity index (χ0v) is 7.69. The van der Waals surface area contributed by atoms with E-state index in [1.807, 2.05) is 0 Å². The van der Waals surface area contributed by atoms with Crippen LogP contribution in [-0.4, -0.2) is 33.2 Å². The highest BCUT2D eigenvalue weighted by Gasteiger charge is 2.40. The molecule has 0 spiro atoms. The Kier molecular flexibility index (Phi) is 4.07. The quantitative estimate of drug-likeness (QED) is 0.540. The molecule has 0 aliphatic heterocycles. The number of aliphatic carboxylic acids is 3. The van der Waals surface area contributed by atoms with E-state index in [1.165, 1.54) is 0 Å². The molecule has 0 atom stereocenters. The Morgan fingerprint density at radius 3 is 1.79 bits per heavy atom. The van der Waals surface area contributed by atoms with Crippen LogP contribution in [0.2, 0.25) is 0 Å². The second kappa shape index (κ2) is 4.59. The van der Waals surface area contributed by atoms with Crippen LogP contribution in [0.5, 0.6) is 0 Å². The zero-order chi connectivity index (χ0) is 11.4. The van der Waals surface area contributed by atoms with Gasteiger partial charge in [-0.05, 0) is 19.8 Å². The lowest BCUT2D eigenvalue weighted by Gasteiger charge is -2.18. The SMILES string of the molecule is CC(CCCC(=O)O)(C(=O)O)C(=O)O. The second-order valence-electron chi connectivity index (χ2n) is 3.19. The largest absolute Gasteiger partial charge is 0.481 e. The molecule has 3 N–H and O–H groups in total. The van der Waals surface area contributed by atoms with E-state index in [0.717, 1.165) is 6.92 Å². The molecule has 0 aromatic heterocycles. The van der Waals surface area contributed by atoms with Crippen LogP contribution in [0, 0.1) is 5.41 Å². The van der Waals surface area contributed by atoms with E-state index in [9.17, 15) is 14.4 Å². The van der Waals surface area contributed by atoms with Gasteiger partial charge in [0.15, 0.2) is 5.41 Å². The van der Waals surface area contributed by atoms with Gasteiger partial charge in [-0.25, -0.2) is 0 Å². The summed E-state index contributed by atoms with van der Waals surface area (Å²) in [6.07, 6.45) is -0.384. The van der Waals surface area contributed by atoms with Crippen molar-refractivity contribution in [3.8, 4) is 0 Å². The van der Waals surface area contributed by atoms with Crippen LogP contribution in [0.15, 0.2) is 0 Å². The first-order valence-corrected chi connectivity index (χ1v) is 3.99. The van der Waals surface area contributed by atoms with E-state index < -0.39 is 23.3 Å². The van der Waals surface area contributed by atoms with E-state index in [1.54, 1.807) is 0 Å². The number of carboxylic acid groups (broad SMARTS) is 3. The molecule has 6 heteroatoms. The summed E-state index contributed by atoms with van der Waals surface area (Å²) in [6, 6.07) is 0. The van der Waals surface area contributed by atoms with Crippen molar-refractivity contribution in [1.29, 1.82) is 0 Å². The van der Waals surface area contributed by atoms with Gasteiger partial charge < -0.3 is 15.3 Å². The van der Waals surface area contributed by atoms with Crippen molar-refractivity contribution in [3.05, 3.63) is 0 Å². The molecule has 0 unspecified atom stereocenters. The predicted molar refractivity (Wildman–Crippen MR) is 44.9 cm³/mol. The van der Waals surface area contributed by atoms with Gasteiger partial charge in [-0.15, -0.1) is 0 Å². The van der Waals surface area contributed by atoms with Gasteiger partial charge in [0.2, 0.25) is 0 Å². The van der Waals surface area contributed by atoms with Crippen LogP contribution in [0.25, 0.3) is 0 Å². The fourth-order valence-corrected chi connectivity index (χ4v) is 0.899. The highest BCUT2D eigenvalue weighted by atomic mass is 16.4. The van der Waals surface area contributed by atoms with E-state index in [2.05, 4.69) is 0 Å². The van der Waals surface area contributed by atoms with Crippen molar-refractivity contribution in [2.75, 3.05) is 0 Å². The van der Waals surface area contributed by atoms with Gasteiger partial charge in [0, 0.05) is 6.42 Å². The highest BCUT2D eigenvalue weighted by molar-refractivity contribution is 5.97. The smallest absolute Gasteiger partial charge is 0.320 e. The first kappa shape index (κ1) is 12.4. The maximum Gasteiger partial charge on any atom is 0.320 e. The summed E-state index contributed by atoms with van der Waals surface area (Å²) in [6.45, 7) is 1.07. The number of carboxylic acids is 3. The Morgan fingerprint density at radius 1 is 1.07 bits per heavy atom. The molecule has 14 heavy (non-hydrogen) atoms. The van der Waals surface area contributed by atoms with Crippen LogP contribution in [0.3, 0.4) is 0 Å². The molecule has 0 aromatic rings. The summed E-state index contributed by atoms with van der Waals surface area (Å²) in [4.78, 5) is 31.4. The third-order valence-corrected chi connectivity index (χ3v) is 2.01. The lowest BCUT2D eigenvalue weighted by molar-refractivity contribution is -0.164. The summed E-state index contributed by atoms with van der Waals surface area (Å²) >= 11 is 0. The van der Waals surface area contributed by atoms with Crippen LogP contribution < -0.4 is 0 Å². The molecule has 0 saturated heterocycles. The Bertz CT molecular complexity index is 243. The predicted octanol–water partition coefficient (Wildman–Crippen LogP) is 0.417. The van der Waals surface area contributed by atoms with Crippen LogP contribution in [0.1, 0.15) is 26.2 Å². The van der Waals surface area contributed by atoms with Gasteiger partial charge in [0.25, 0.3) is 0 Å². The minimum Gasteiger partial charge on any atom is -0.481 e. The van der Waals surface area contributed by atoms with Crippen molar-refractivity contribution in [3.63, 3.8) is 0 Å². The molecule has 80 valence electrons. The maximum atomic E-state index is 10.6. The average molecular weight is 204 g/mol. The van der Waals surface area contributed by atoms with Crippen molar-refractivity contribution in [2.45, 2.75) is 26.2 Å². The maximum absolute atomic E-state index is 10.6. The molecule has 0 bridgehead atoms. The van der Waals surface area contributed by atoms with E-state index in [4.69, 9.17) is 15.3 Å². The summed E-state index contributed by atoms with van der Waals surface area (Å²) < 4.78 is 0. The molecule has 0 amide bonds. The van der Waals surface area contributed by atoms with Crippen molar-refractivity contribution >= 4 is 17.9 Å². The summed E-state index contributed by atoms with van der Waals surface area (Å²) in [5.41, 5.74) is -1.89.